The summed E-state index contributed by atoms with van der Waals surface area (Å²) in [6.07, 6.45) is 3.12. The van der Waals surface area contributed by atoms with Gasteiger partial charge in [-0.3, -0.25) is 9.59 Å². The highest BCUT2D eigenvalue weighted by Gasteiger charge is 2.05. The van der Waals surface area contributed by atoms with Gasteiger partial charge < -0.3 is 15.6 Å². The largest absolute Gasteiger partial charge is 0.398 e. The maximum Gasteiger partial charge on any atom is 0.251 e. The molecule has 0 radical (unpaired) electrons. The number of hydrogen-bond donors (Lipinski definition) is 2. The summed E-state index contributed by atoms with van der Waals surface area (Å²) in [6, 6.07) is 2.84. The van der Waals surface area contributed by atoms with E-state index in [4.69, 9.17) is 5.73 Å². The fourth-order valence-electron chi connectivity index (χ4n) is 1.40. The van der Waals surface area contributed by atoms with Gasteiger partial charge in [-0.15, -0.1) is 11.3 Å². The molecule has 2 aromatic rings. The number of nitrogens with zero attached hydrogens (tertiary/aromatic N) is 2. The normalized spacial score (nSPS) is 10.2. The van der Waals surface area contributed by atoms with E-state index in [0.717, 1.165) is 5.01 Å². The molecular weight excluding hydrogens is 252 g/mol. The Morgan fingerprint density at radius 3 is 3.06 bits per heavy atom. The molecule has 0 unspecified atom stereocenters. The van der Waals surface area contributed by atoms with Crippen molar-refractivity contribution in [3.8, 4) is 0 Å². The molecule has 0 aliphatic heterocycles. The van der Waals surface area contributed by atoms with Crippen LogP contribution >= 0.6 is 11.3 Å². The molecule has 0 bridgehead atoms. The third-order valence-electron chi connectivity index (χ3n) is 2.24. The van der Waals surface area contributed by atoms with Crippen molar-refractivity contribution in [2.24, 2.45) is 0 Å². The number of nitrogens with two attached hydrogens (primary N) is 1. The van der Waals surface area contributed by atoms with Crippen molar-refractivity contribution in [2.75, 3.05) is 5.73 Å². The molecule has 0 aliphatic rings. The number of nitrogen functional groups attached to an aromatic ring is 1. The van der Waals surface area contributed by atoms with Gasteiger partial charge in [0.05, 0.1) is 6.54 Å². The molecule has 6 nitrogen and oxygen atoms in total. The first kappa shape index (κ1) is 12.3. The number of carbonyl (C=O) groups is 1. The number of hydrogen-bond acceptors (Lipinski definition) is 5. The maximum atomic E-state index is 11.6. The van der Waals surface area contributed by atoms with Crippen molar-refractivity contribution in [3.63, 3.8) is 0 Å². The number of amides is 1. The molecule has 7 heteroatoms. The number of anilines is 1. The van der Waals surface area contributed by atoms with Crippen LogP contribution in [0.4, 0.5) is 5.69 Å². The van der Waals surface area contributed by atoms with Gasteiger partial charge in [0.2, 0.25) is 5.91 Å². The molecule has 0 spiro atoms. The maximum absolute atomic E-state index is 11.6. The molecule has 2 heterocycles. The number of aromatic nitrogens is 2. The van der Waals surface area contributed by atoms with Gasteiger partial charge in [0.15, 0.2) is 0 Å². The molecule has 18 heavy (non-hydrogen) atoms. The van der Waals surface area contributed by atoms with E-state index in [1.165, 1.54) is 34.2 Å². The van der Waals surface area contributed by atoms with Gasteiger partial charge in [0, 0.05) is 29.5 Å². The first-order valence-electron chi connectivity index (χ1n) is 5.26. The average molecular weight is 264 g/mol. The van der Waals surface area contributed by atoms with Gasteiger partial charge in [-0.25, -0.2) is 4.98 Å². The summed E-state index contributed by atoms with van der Waals surface area (Å²) >= 11 is 1.46. The van der Waals surface area contributed by atoms with Crippen LogP contribution in [-0.4, -0.2) is 15.5 Å². The number of carbonyl (C=O) groups excluding carboxylic acids is 1. The van der Waals surface area contributed by atoms with Gasteiger partial charge in [-0.05, 0) is 6.07 Å². The van der Waals surface area contributed by atoms with Crippen LogP contribution in [0, 0.1) is 0 Å². The Balaban J connectivity index is 1.95. The fraction of sp³-hybridized carbons (Fsp3) is 0.182. The van der Waals surface area contributed by atoms with Crippen LogP contribution in [0.25, 0.3) is 0 Å². The van der Waals surface area contributed by atoms with Crippen molar-refractivity contribution in [1.82, 2.24) is 14.9 Å². The Morgan fingerprint density at radius 2 is 2.33 bits per heavy atom. The van der Waals surface area contributed by atoms with Crippen LogP contribution in [0.3, 0.4) is 0 Å². The summed E-state index contributed by atoms with van der Waals surface area (Å²) in [7, 11) is 0. The first-order chi connectivity index (χ1) is 8.65. The Hall–Kier alpha value is -2.15. The molecule has 0 fully saturated rings. The Bertz CT molecular complexity index is 591. The van der Waals surface area contributed by atoms with Crippen molar-refractivity contribution in [2.45, 2.75) is 13.1 Å². The average Bonchev–Trinajstić information content (AvgIpc) is 2.84. The van der Waals surface area contributed by atoms with Gasteiger partial charge >= 0.3 is 0 Å². The zero-order chi connectivity index (χ0) is 13.0. The second kappa shape index (κ2) is 5.46. The summed E-state index contributed by atoms with van der Waals surface area (Å²) in [5, 5.41) is 5.35. The summed E-state index contributed by atoms with van der Waals surface area (Å²) in [6.45, 7) is 0.322. The zero-order valence-electron chi connectivity index (χ0n) is 9.50. The minimum atomic E-state index is -0.256. The molecule has 0 aromatic carbocycles. The van der Waals surface area contributed by atoms with E-state index in [-0.39, 0.29) is 18.0 Å². The van der Waals surface area contributed by atoms with Gasteiger partial charge in [0.1, 0.15) is 11.6 Å². The quantitative estimate of drug-likeness (QED) is 0.825. The minimum absolute atomic E-state index is 0.0464. The lowest BCUT2D eigenvalue weighted by Gasteiger charge is -2.06. The zero-order valence-corrected chi connectivity index (χ0v) is 10.3. The smallest absolute Gasteiger partial charge is 0.251 e. The fourth-order valence-corrected chi connectivity index (χ4v) is 1.95. The predicted octanol–water partition coefficient (Wildman–Crippen LogP) is 0.203. The summed E-state index contributed by atoms with van der Waals surface area (Å²) in [5.41, 5.74) is 5.75. The topological polar surface area (TPSA) is 90.0 Å². The monoisotopic (exact) mass is 264 g/mol. The second-order valence-corrected chi connectivity index (χ2v) is 4.61. The summed E-state index contributed by atoms with van der Waals surface area (Å²) in [4.78, 5) is 27.1. The minimum Gasteiger partial charge on any atom is -0.398 e. The molecule has 0 saturated heterocycles. The highest BCUT2D eigenvalue weighted by molar-refractivity contribution is 7.09. The van der Waals surface area contributed by atoms with Crippen LogP contribution in [0.2, 0.25) is 0 Å². The molecule has 1 amide bonds. The lowest BCUT2D eigenvalue weighted by molar-refractivity contribution is -0.121. The second-order valence-electron chi connectivity index (χ2n) is 3.63. The van der Waals surface area contributed by atoms with E-state index < -0.39 is 0 Å². The molecule has 3 N–H and O–H groups in total. The van der Waals surface area contributed by atoms with E-state index in [0.29, 0.717) is 12.2 Å². The number of thiazole rings is 1. The first-order valence-corrected chi connectivity index (χ1v) is 6.14. The van der Waals surface area contributed by atoms with Crippen LogP contribution in [0.1, 0.15) is 5.01 Å². The van der Waals surface area contributed by atoms with Crippen molar-refractivity contribution in [1.29, 1.82) is 0 Å². The predicted molar refractivity (Wildman–Crippen MR) is 69.1 cm³/mol. The molecule has 0 aliphatic carbocycles. The Labute approximate surface area is 107 Å². The van der Waals surface area contributed by atoms with Gasteiger partial charge in [-0.2, -0.15) is 0 Å². The third-order valence-corrected chi connectivity index (χ3v) is 3.02. The number of nitrogens with one attached hydrogen (secondary N) is 1. The van der Waals surface area contributed by atoms with Gasteiger partial charge in [-0.1, -0.05) is 0 Å². The van der Waals surface area contributed by atoms with E-state index in [1.807, 2.05) is 5.38 Å². The van der Waals surface area contributed by atoms with Crippen molar-refractivity contribution >= 4 is 22.9 Å². The van der Waals surface area contributed by atoms with E-state index >= 15 is 0 Å². The number of pyridine rings is 1. The highest BCUT2D eigenvalue weighted by atomic mass is 32.1. The SMILES string of the molecule is Nc1ccc(=O)n(CC(=O)NCc2nccs2)c1. The number of rotatable bonds is 4. The van der Waals surface area contributed by atoms with Crippen LogP contribution < -0.4 is 16.6 Å². The van der Waals surface area contributed by atoms with Gasteiger partial charge in [0.25, 0.3) is 5.56 Å². The molecule has 0 saturated carbocycles. The molecule has 94 valence electrons. The Kier molecular flexibility index (Phi) is 3.73. The van der Waals surface area contributed by atoms with E-state index in [1.54, 1.807) is 6.20 Å². The van der Waals surface area contributed by atoms with E-state index in [9.17, 15) is 9.59 Å². The third kappa shape index (κ3) is 3.17. The summed E-state index contributed by atoms with van der Waals surface area (Å²) < 4.78 is 1.27. The molecule has 2 rings (SSSR count). The van der Waals surface area contributed by atoms with Crippen molar-refractivity contribution in [3.05, 3.63) is 45.3 Å². The van der Waals surface area contributed by atoms with Crippen LogP contribution in [-0.2, 0) is 17.9 Å². The van der Waals surface area contributed by atoms with E-state index in [2.05, 4.69) is 10.3 Å². The lowest BCUT2D eigenvalue weighted by Crippen LogP contribution is -2.31. The lowest BCUT2D eigenvalue weighted by atomic mass is 10.4. The summed E-state index contributed by atoms with van der Waals surface area (Å²) in [5.74, 6) is -0.252. The molecular formula is C11H12N4O2S. The van der Waals surface area contributed by atoms with Crippen LogP contribution in [0.5, 0.6) is 0 Å². The standard InChI is InChI=1S/C11H12N4O2S/c12-8-1-2-11(17)15(6-8)7-9(16)14-5-10-13-3-4-18-10/h1-4,6H,5,7,12H2,(H,14,16). The molecule has 2 aromatic heterocycles. The molecule has 0 atom stereocenters. The highest BCUT2D eigenvalue weighted by Crippen LogP contribution is 2.02. The Morgan fingerprint density at radius 1 is 1.50 bits per heavy atom. The van der Waals surface area contributed by atoms with Crippen molar-refractivity contribution < 1.29 is 4.79 Å². The van der Waals surface area contributed by atoms with Crippen LogP contribution in [0.15, 0.2) is 34.7 Å².